The molecule has 0 aliphatic heterocycles. The van der Waals surface area contributed by atoms with Crippen molar-refractivity contribution in [1.82, 2.24) is 15.1 Å². The van der Waals surface area contributed by atoms with E-state index in [9.17, 15) is 9.59 Å². The molecule has 0 fully saturated rings. The van der Waals surface area contributed by atoms with Crippen molar-refractivity contribution in [3.05, 3.63) is 18.0 Å². The number of hydrogen-bond donors (Lipinski definition) is 2. The number of carbonyl (C=O) groups excluding carboxylic acids is 1. The summed E-state index contributed by atoms with van der Waals surface area (Å²) in [6.45, 7) is 6.47. The van der Waals surface area contributed by atoms with Gasteiger partial charge in [-0.25, -0.2) is 4.79 Å². The average Bonchev–Trinajstić information content (AvgIpc) is 2.76. The maximum absolute atomic E-state index is 11.8. The second-order valence-corrected chi connectivity index (χ2v) is 4.64. The molecule has 1 aromatic rings. The topological polar surface area (TPSA) is 84.2 Å². The molecule has 1 amide bonds. The lowest BCUT2D eigenvalue weighted by molar-refractivity contribution is -0.124. The summed E-state index contributed by atoms with van der Waals surface area (Å²) in [5.74, 6) is -0.722. The number of carboxylic acid groups (broad SMARTS) is 1. The van der Waals surface area contributed by atoms with Gasteiger partial charge in [-0.1, -0.05) is 13.8 Å². The quantitative estimate of drug-likeness (QED) is 0.800. The normalized spacial score (nSPS) is 12.4. The Morgan fingerprint density at radius 2 is 2.11 bits per heavy atom. The van der Waals surface area contributed by atoms with Gasteiger partial charge < -0.3 is 10.4 Å². The van der Waals surface area contributed by atoms with Crippen LogP contribution in [0.3, 0.4) is 0 Å². The minimum Gasteiger partial charge on any atom is -0.476 e. The molecule has 1 unspecified atom stereocenters. The van der Waals surface area contributed by atoms with Gasteiger partial charge in [0.2, 0.25) is 5.91 Å². The minimum absolute atomic E-state index is 0.0585. The fourth-order valence-electron chi connectivity index (χ4n) is 1.42. The molecule has 0 aromatic carbocycles. The Labute approximate surface area is 106 Å². The zero-order chi connectivity index (χ0) is 13.7. The molecule has 2 N–H and O–H groups in total. The predicted molar refractivity (Wildman–Crippen MR) is 66.4 cm³/mol. The summed E-state index contributed by atoms with van der Waals surface area (Å²) < 4.78 is 1.36. The van der Waals surface area contributed by atoms with Gasteiger partial charge in [0.25, 0.3) is 0 Å². The molecule has 6 nitrogen and oxygen atoms in total. The molecule has 0 aliphatic rings. The summed E-state index contributed by atoms with van der Waals surface area (Å²) in [4.78, 5) is 22.5. The monoisotopic (exact) mass is 253 g/mol. The summed E-state index contributed by atoms with van der Waals surface area (Å²) in [6, 6.07) is 0.866. The van der Waals surface area contributed by atoms with Crippen LogP contribution in [0.2, 0.25) is 0 Å². The van der Waals surface area contributed by atoms with Gasteiger partial charge in [-0.3, -0.25) is 9.48 Å². The van der Waals surface area contributed by atoms with Gasteiger partial charge in [-0.15, -0.1) is 0 Å². The van der Waals surface area contributed by atoms with E-state index in [0.717, 1.165) is 6.42 Å². The fraction of sp³-hybridized carbons (Fsp3) is 0.583. The van der Waals surface area contributed by atoms with E-state index in [1.54, 1.807) is 6.92 Å². The first-order valence-corrected chi connectivity index (χ1v) is 5.98. The predicted octanol–water partition coefficient (Wildman–Crippen LogP) is 1.30. The number of aromatic nitrogens is 2. The molecule has 0 saturated carbocycles. The first kappa shape index (κ1) is 14.2. The Balaban J connectivity index is 2.54. The van der Waals surface area contributed by atoms with Crippen LogP contribution in [0.15, 0.2) is 12.3 Å². The minimum atomic E-state index is -1.10. The third-order valence-electron chi connectivity index (χ3n) is 2.62. The molecule has 1 rings (SSSR count). The molecule has 1 atom stereocenters. The Morgan fingerprint density at radius 1 is 1.44 bits per heavy atom. The molecule has 0 spiro atoms. The van der Waals surface area contributed by atoms with Crippen LogP contribution in [0, 0.1) is 5.92 Å². The van der Waals surface area contributed by atoms with Crippen molar-refractivity contribution in [1.29, 1.82) is 0 Å². The number of aromatic carboxylic acids is 1. The van der Waals surface area contributed by atoms with E-state index < -0.39 is 12.0 Å². The van der Waals surface area contributed by atoms with Crippen LogP contribution < -0.4 is 5.32 Å². The van der Waals surface area contributed by atoms with Crippen LogP contribution in [0.4, 0.5) is 0 Å². The number of carbonyl (C=O) groups is 2. The van der Waals surface area contributed by atoms with Gasteiger partial charge in [-0.2, -0.15) is 5.10 Å². The van der Waals surface area contributed by atoms with Crippen molar-refractivity contribution >= 4 is 11.9 Å². The van der Waals surface area contributed by atoms with Gasteiger partial charge >= 0.3 is 5.97 Å². The maximum atomic E-state index is 11.8. The first-order valence-electron chi connectivity index (χ1n) is 5.98. The van der Waals surface area contributed by atoms with Crippen molar-refractivity contribution in [3.8, 4) is 0 Å². The number of hydrogen-bond acceptors (Lipinski definition) is 3. The van der Waals surface area contributed by atoms with Crippen molar-refractivity contribution in [3.63, 3.8) is 0 Å². The maximum Gasteiger partial charge on any atom is 0.356 e. The smallest absolute Gasteiger partial charge is 0.356 e. The fourth-order valence-corrected chi connectivity index (χ4v) is 1.42. The number of rotatable bonds is 6. The van der Waals surface area contributed by atoms with E-state index in [4.69, 9.17) is 5.11 Å². The van der Waals surface area contributed by atoms with E-state index in [1.807, 2.05) is 0 Å². The molecule has 0 aliphatic carbocycles. The number of nitrogens with zero attached hydrogens (tertiary/aromatic N) is 2. The third kappa shape index (κ3) is 3.87. The molecular weight excluding hydrogens is 234 g/mol. The first-order chi connectivity index (χ1) is 8.41. The second kappa shape index (κ2) is 6.18. The van der Waals surface area contributed by atoms with Gasteiger partial charge in [0.15, 0.2) is 5.69 Å². The van der Waals surface area contributed by atoms with E-state index in [0.29, 0.717) is 12.5 Å². The summed E-state index contributed by atoms with van der Waals surface area (Å²) in [7, 11) is 0. The van der Waals surface area contributed by atoms with Crippen LogP contribution >= 0.6 is 0 Å². The molecule has 0 radical (unpaired) electrons. The summed E-state index contributed by atoms with van der Waals surface area (Å²) in [6.07, 6.45) is 2.41. The second-order valence-electron chi connectivity index (χ2n) is 4.64. The molecule has 100 valence electrons. The Bertz CT molecular complexity index is 426. The highest BCUT2D eigenvalue weighted by Crippen LogP contribution is 2.06. The van der Waals surface area contributed by atoms with Crippen molar-refractivity contribution < 1.29 is 14.7 Å². The van der Waals surface area contributed by atoms with Crippen LogP contribution in [0.1, 0.15) is 43.7 Å². The molecule has 18 heavy (non-hydrogen) atoms. The van der Waals surface area contributed by atoms with Crippen molar-refractivity contribution in [2.75, 3.05) is 6.54 Å². The van der Waals surface area contributed by atoms with Gasteiger partial charge in [-0.05, 0) is 25.3 Å². The highest BCUT2D eigenvalue weighted by molar-refractivity contribution is 5.85. The number of amides is 1. The molecule has 1 heterocycles. The highest BCUT2D eigenvalue weighted by Gasteiger charge is 2.17. The molecular formula is C12H19N3O3. The lowest BCUT2D eigenvalue weighted by atomic mass is 10.1. The van der Waals surface area contributed by atoms with Gasteiger partial charge in [0, 0.05) is 12.7 Å². The number of nitrogens with one attached hydrogen (secondary N) is 1. The summed E-state index contributed by atoms with van der Waals surface area (Å²) in [5, 5.41) is 15.4. The zero-order valence-corrected chi connectivity index (χ0v) is 10.9. The van der Waals surface area contributed by atoms with Crippen LogP contribution in [-0.2, 0) is 4.79 Å². The SMILES string of the molecule is CC(C)CCNC(=O)C(C)n1ccc(C(=O)O)n1. The zero-order valence-electron chi connectivity index (χ0n) is 10.9. The van der Waals surface area contributed by atoms with Crippen LogP contribution in [0.25, 0.3) is 0 Å². The van der Waals surface area contributed by atoms with Gasteiger partial charge in [0.05, 0.1) is 0 Å². The molecule has 6 heteroatoms. The van der Waals surface area contributed by atoms with E-state index in [1.165, 1.54) is 16.9 Å². The Kier molecular flexibility index (Phi) is 4.88. The van der Waals surface area contributed by atoms with Crippen LogP contribution in [0.5, 0.6) is 0 Å². The molecule has 0 bridgehead atoms. The largest absolute Gasteiger partial charge is 0.476 e. The average molecular weight is 253 g/mol. The lowest BCUT2D eigenvalue weighted by Gasteiger charge is -2.13. The summed E-state index contributed by atoms with van der Waals surface area (Å²) in [5.41, 5.74) is -0.0585. The molecule has 0 saturated heterocycles. The molecule has 1 aromatic heterocycles. The Hall–Kier alpha value is -1.85. The third-order valence-corrected chi connectivity index (χ3v) is 2.62. The Morgan fingerprint density at radius 3 is 2.61 bits per heavy atom. The summed E-state index contributed by atoms with van der Waals surface area (Å²) >= 11 is 0. The number of carboxylic acids is 1. The van der Waals surface area contributed by atoms with E-state index in [2.05, 4.69) is 24.3 Å². The standard InChI is InChI=1S/C12H19N3O3/c1-8(2)4-6-13-11(16)9(3)15-7-5-10(14-15)12(17)18/h5,7-9H,4,6H2,1-3H3,(H,13,16)(H,17,18). The van der Waals surface area contributed by atoms with E-state index >= 15 is 0 Å². The van der Waals surface area contributed by atoms with Crippen LogP contribution in [-0.4, -0.2) is 33.3 Å². The van der Waals surface area contributed by atoms with E-state index in [-0.39, 0.29) is 11.6 Å². The van der Waals surface area contributed by atoms with Gasteiger partial charge in [0.1, 0.15) is 6.04 Å². The highest BCUT2D eigenvalue weighted by atomic mass is 16.4. The van der Waals surface area contributed by atoms with Crippen molar-refractivity contribution in [2.24, 2.45) is 5.92 Å². The lowest BCUT2D eigenvalue weighted by Crippen LogP contribution is -2.32. The van der Waals surface area contributed by atoms with Crippen molar-refractivity contribution in [2.45, 2.75) is 33.2 Å².